The number of pyridine rings is 1. The Kier molecular flexibility index (Phi) is 5.93. The minimum absolute atomic E-state index is 0.125. The molecule has 0 fully saturated rings. The predicted molar refractivity (Wildman–Crippen MR) is 97.0 cm³/mol. The Hall–Kier alpha value is -3.21. The summed E-state index contributed by atoms with van der Waals surface area (Å²) < 4.78 is 18.6. The lowest BCUT2D eigenvalue weighted by Gasteiger charge is -2.08. The van der Waals surface area contributed by atoms with Crippen LogP contribution >= 0.6 is 0 Å². The largest absolute Gasteiger partial charge is 0.473 e. The molecule has 0 bridgehead atoms. The Bertz CT molecular complexity index is 851. The zero-order valence-corrected chi connectivity index (χ0v) is 14.2. The van der Waals surface area contributed by atoms with Gasteiger partial charge in [0.2, 0.25) is 11.8 Å². The molecule has 0 aliphatic heterocycles. The quantitative estimate of drug-likeness (QED) is 0.707. The zero-order valence-electron chi connectivity index (χ0n) is 14.2. The minimum Gasteiger partial charge on any atom is -0.473 e. The first-order chi connectivity index (χ1) is 12.7. The molecule has 1 amide bonds. The molecule has 3 aromatic rings. The summed E-state index contributed by atoms with van der Waals surface area (Å²) in [6.45, 7) is 0.818. The number of halogens is 1. The van der Waals surface area contributed by atoms with Crippen molar-refractivity contribution in [2.45, 2.75) is 19.6 Å². The summed E-state index contributed by atoms with van der Waals surface area (Å²) >= 11 is 0. The Morgan fingerprint density at radius 2 is 1.73 bits per heavy atom. The first-order valence-electron chi connectivity index (χ1n) is 8.32. The van der Waals surface area contributed by atoms with Gasteiger partial charge in [-0.2, -0.15) is 0 Å². The van der Waals surface area contributed by atoms with Gasteiger partial charge in [0.15, 0.2) is 0 Å². The lowest BCUT2D eigenvalue weighted by molar-refractivity contribution is -0.120. The van der Waals surface area contributed by atoms with Crippen molar-refractivity contribution in [1.29, 1.82) is 0 Å². The molecule has 26 heavy (non-hydrogen) atoms. The second kappa shape index (κ2) is 8.76. The summed E-state index contributed by atoms with van der Waals surface area (Å²) in [6.07, 6.45) is 1.87. The average molecular weight is 350 g/mol. The summed E-state index contributed by atoms with van der Waals surface area (Å²) in [5.74, 6) is 0.0771. The molecular weight excluding hydrogens is 331 g/mol. The van der Waals surface area contributed by atoms with Crippen molar-refractivity contribution in [3.8, 4) is 5.88 Å². The van der Waals surface area contributed by atoms with Gasteiger partial charge >= 0.3 is 0 Å². The molecule has 1 heterocycles. The van der Waals surface area contributed by atoms with E-state index in [0.717, 1.165) is 16.7 Å². The molecule has 1 aromatic heterocycles. The van der Waals surface area contributed by atoms with E-state index in [4.69, 9.17) is 4.74 Å². The minimum atomic E-state index is -0.311. The summed E-state index contributed by atoms with van der Waals surface area (Å²) in [4.78, 5) is 16.2. The van der Waals surface area contributed by atoms with Crippen LogP contribution in [0.1, 0.15) is 16.7 Å². The van der Waals surface area contributed by atoms with Crippen LogP contribution in [0.3, 0.4) is 0 Å². The Morgan fingerprint density at radius 1 is 0.962 bits per heavy atom. The number of carbonyl (C=O) groups excluding carboxylic acids is 1. The molecule has 4 nitrogen and oxygen atoms in total. The van der Waals surface area contributed by atoms with Crippen molar-refractivity contribution < 1.29 is 13.9 Å². The highest BCUT2D eigenvalue weighted by Crippen LogP contribution is 2.12. The van der Waals surface area contributed by atoms with Crippen LogP contribution in [0.15, 0.2) is 72.9 Å². The van der Waals surface area contributed by atoms with Gasteiger partial charge in [-0.1, -0.05) is 42.5 Å². The van der Waals surface area contributed by atoms with Crippen LogP contribution in [0.5, 0.6) is 5.88 Å². The maximum Gasteiger partial charge on any atom is 0.224 e. The van der Waals surface area contributed by atoms with E-state index >= 15 is 0 Å². The van der Waals surface area contributed by atoms with Gasteiger partial charge in [0.1, 0.15) is 12.4 Å². The van der Waals surface area contributed by atoms with Gasteiger partial charge in [-0.15, -0.1) is 0 Å². The van der Waals surface area contributed by atoms with Gasteiger partial charge in [0.05, 0.1) is 6.42 Å². The van der Waals surface area contributed by atoms with Crippen LogP contribution in [0.2, 0.25) is 0 Å². The van der Waals surface area contributed by atoms with Gasteiger partial charge in [0, 0.05) is 18.8 Å². The van der Waals surface area contributed by atoms with Crippen molar-refractivity contribution in [1.82, 2.24) is 10.3 Å². The van der Waals surface area contributed by atoms with Gasteiger partial charge in [-0.25, -0.2) is 9.37 Å². The topological polar surface area (TPSA) is 51.2 Å². The van der Waals surface area contributed by atoms with Gasteiger partial charge in [0.25, 0.3) is 0 Å². The summed E-state index contributed by atoms with van der Waals surface area (Å²) in [7, 11) is 0. The molecule has 0 aliphatic carbocycles. The third-order valence-electron chi connectivity index (χ3n) is 3.80. The number of aromatic nitrogens is 1. The molecule has 1 N–H and O–H groups in total. The lowest BCUT2D eigenvalue weighted by atomic mass is 10.1. The van der Waals surface area contributed by atoms with Crippen LogP contribution in [0, 0.1) is 5.82 Å². The van der Waals surface area contributed by atoms with E-state index in [1.807, 2.05) is 36.4 Å². The fourth-order valence-corrected chi connectivity index (χ4v) is 2.42. The maximum atomic E-state index is 12.9. The van der Waals surface area contributed by atoms with Crippen molar-refractivity contribution in [3.63, 3.8) is 0 Å². The molecule has 132 valence electrons. The second-order valence-electron chi connectivity index (χ2n) is 5.86. The highest BCUT2D eigenvalue weighted by Gasteiger charge is 2.05. The molecule has 5 heteroatoms. The fourth-order valence-electron chi connectivity index (χ4n) is 2.42. The Labute approximate surface area is 151 Å². The maximum absolute atomic E-state index is 12.9. The van der Waals surface area contributed by atoms with Gasteiger partial charge in [-0.3, -0.25) is 4.79 Å². The lowest BCUT2D eigenvalue weighted by Crippen LogP contribution is -2.24. The predicted octanol–water partition coefficient (Wildman–Crippen LogP) is 3.66. The van der Waals surface area contributed by atoms with Crippen molar-refractivity contribution in [2.75, 3.05) is 0 Å². The molecule has 0 saturated carbocycles. The monoisotopic (exact) mass is 350 g/mol. The van der Waals surface area contributed by atoms with Crippen molar-refractivity contribution in [2.24, 2.45) is 0 Å². The van der Waals surface area contributed by atoms with Gasteiger partial charge < -0.3 is 10.1 Å². The third-order valence-corrected chi connectivity index (χ3v) is 3.80. The Morgan fingerprint density at radius 3 is 2.50 bits per heavy atom. The molecule has 0 saturated heterocycles. The van der Waals surface area contributed by atoms with Crippen LogP contribution in [0.4, 0.5) is 4.39 Å². The van der Waals surface area contributed by atoms with Gasteiger partial charge in [-0.05, 0) is 34.9 Å². The van der Waals surface area contributed by atoms with Crippen LogP contribution < -0.4 is 10.1 Å². The number of nitrogens with zero attached hydrogens (tertiary/aromatic N) is 1. The molecule has 0 aliphatic rings. The number of ether oxygens (including phenoxy) is 1. The number of nitrogens with one attached hydrogen (secondary N) is 1. The second-order valence-corrected chi connectivity index (χ2v) is 5.86. The van der Waals surface area contributed by atoms with Crippen LogP contribution in [-0.2, 0) is 24.4 Å². The fraction of sp³-hybridized carbons (Fsp3) is 0.143. The molecule has 2 aromatic carbocycles. The number of hydrogen-bond donors (Lipinski definition) is 1. The smallest absolute Gasteiger partial charge is 0.224 e. The van der Waals surface area contributed by atoms with E-state index in [-0.39, 0.29) is 18.1 Å². The molecule has 0 atom stereocenters. The van der Waals surface area contributed by atoms with Crippen molar-refractivity contribution >= 4 is 5.91 Å². The highest BCUT2D eigenvalue weighted by atomic mass is 19.1. The summed E-state index contributed by atoms with van der Waals surface area (Å²) in [5.41, 5.74) is 2.73. The number of carbonyl (C=O) groups is 1. The molecular formula is C21H19FN2O2. The van der Waals surface area contributed by atoms with E-state index < -0.39 is 0 Å². The van der Waals surface area contributed by atoms with E-state index in [1.54, 1.807) is 24.4 Å². The van der Waals surface area contributed by atoms with Crippen LogP contribution in [0.25, 0.3) is 0 Å². The Balaban J connectivity index is 1.50. The van der Waals surface area contributed by atoms with Crippen LogP contribution in [-0.4, -0.2) is 10.9 Å². The summed E-state index contributed by atoms with van der Waals surface area (Å²) in [6, 6.07) is 19.4. The molecule has 0 radical (unpaired) electrons. The van der Waals surface area contributed by atoms with E-state index in [2.05, 4.69) is 10.3 Å². The number of amides is 1. The van der Waals surface area contributed by atoms with E-state index in [1.165, 1.54) is 12.1 Å². The number of benzene rings is 2. The zero-order chi connectivity index (χ0) is 18.2. The third kappa shape index (κ3) is 5.41. The first kappa shape index (κ1) is 17.6. The summed E-state index contributed by atoms with van der Waals surface area (Å²) in [5, 5.41) is 2.85. The average Bonchev–Trinajstić information content (AvgIpc) is 2.68. The number of hydrogen-bond acceptors (Lipinski definition) is 3. The van der Waals surface area contributed by atoms with Crippen molar-refractivity contribution in [3.05, 3.63) is 95.4 Å². The molecule has 0 unspecified atom stereocenters. The number of rotatable bonds is 7. The standard InChI is InChI=1S/C21H19FN2O2/c22-19-8-6-16(7-9-19)12-20(25)24-14-18-10-11-23-21(13-18)26-15-17-4-2-1-3-5-17/h1-11,13H,12,14-15H2,(H,24,25). The molecule has 3 rings (SSSR count). The highest BCUT2D eigenvalue weighted by molar-refractivity contribution is 5.78. The van der Waals surface area contributed by atoms with E-state index in [9.17, 15) is 9.18 Å². The molecule has 0 spiro atoms. The first-order valence-corrected chi connectivity index (χ1v) is 8.32. The SMILES string of the molecule is O=C(Cc1ccc(F)cc1)NCc1ccnc(OCc2ccccc2)c1. The van der Waals surface area contributed by atoms with E-state index in [0.29, 0.717) is 19.0 Å². The normalized spacial score (nSPS) is 10.3.